The number of nitrogens with zero attached hydrogens (tertiary/aromatic N) is 3. The van der Waals surface area contributed by atoms with E-state index in [4.69, 9.17) is 21.6 Å². The van der Waals surface area contributed by atoms with Crippen LogP contribution in [-0.4, -0.2) is 22.9 Å². The number of anilines is 1. The molecule has 0 radical (unpaired) electrons. The van der Waals surface area contributed by atoms with Crippen LogP contribution in [0.15, 0.2) is 48.5 Å². The van der Waals surface area contributed by atoms with Crippen molar-refractivity contribution in [2.24, 2.45) is 5.41 Å². The van der Waals surface area contributed by atoms with Crippen molar-refractivity contribution in [3.05, 3.63) is 64.9 Å². The fraction of sp³-hybridized carbons (Fsp3) is 0.348. The van der Waals surface area contributed by atoms with Crippen LogP contribution in [0.4, 0.5) is 5.69 Å². The first-order valence-electron chi connectivity index (χ1n) is 9.68. The van der Waals surface area contributed by atoms with Crippen LogP contribution in [0.3, 0.4) is 0 Å². The summed E-state index contributed by atoms with van der Waals surface area (Å²) < 4.78 is 0. The van der Waals surface area contributed by atoms with Gasteiger partial charge in [-0.1, -0.05) is 49.7 Å². The molecular formula is C23H22ClN3O. The minimum atomic E-state index is -0.683. The maximum absolute atomic E-state index is 14.0. The van der Waals surface area contributed by atoms with Gasteiger partial charge >= 0.3 is 0 Å². The Morgan fingerprint density at radius 3 is 2.43 bits per heavy atom. The first kappa shape index (κ1) is 17.6. The van der Waals surface area contributed by atoms with E-state index >= 15 is 0 Å². The summed E-state index contributed by atoms with van der Waals surface area (Å²) in [7, 11) is 1.81. The number of amides is 1. The summed E-state index contributed by atoms with van der Waals surface area (Å²) in [5.74, 6) is 0.291. The van der Waals surface area contributed by atoms with Gasteiger partial charge in [0.1, 0.15) is 0 Å². The normalized spacial score (nSPS) is 24.4. The molecule has 5 heteroatoms. The number of halogens is 1. The second-order valence-corrected chi connectivity index (χ2v) is 8.89. The van der Waals surface area contributed by atoms with E-state index in [1.807, 2.05) is 55.6 Å². The van der Waals surface area contributed by atoms with Crippen molar-refractivity contribution in [1.82, 2.24) is 9.97 Å². The second kappa shape index (κ2) is 5.77. The average molecular weight is 392 g/mol. The Hall–Kier alpha value is -2.46. The summed E-state index contributed by atoms with van der Waals surface area (Å²) in [6.07, 6.45) is 1.74. The highest BCUT2D eigenvalue weighted by atomic mass is 35.5. The lowest BCUT2D eigenvalue weighted by Gasteiger charge is -2.39. The minimum Gasteiger partial charge on any atom is -0.313 e. The molecule has 1 saturated carbocycles. The van der Waals surface area contributed by atoms with Gasteiger partial charge in [-0.2, -0.15) is 0 Å². The molecule has 2 unspecified atom stereocenters. The molecule has 2 aromatic carbocycles. The van der Waals surface area contributed by atoms with Crippen LogP contribution in [0.1, 0.15) is 44.0 Å². The van der Waals surface area contributed by atoms with Gasteiger partial charge in [-0.05, 0) is 42.5 Å². The topological polar surface area (TPSA) is 46.1 Å². The van der Waals surface area contributed by atoms with Gasteiger partial charge in [0.05, 0.1) is 38.5 Å². The van der Waals surface area contributed by atoms with E-state index in [0.29, 0.717) is 5.02 Å². The summed E-state index contributed by atoms with van der Waals surface area (Å²) >= 11 is 6.40. The molecule has 2 atom stereocenters. The lowest BCUT2D eigenvalue weighted by molar-refractivity contribution is -0.126. The Morgan fingerprint density at radius 2 is 1.71 bits per heavy atom. The third kappa shape index (κ3) is 2.04. The quantitative estimate of drug-likeness (QED) is 0.610. The Bertz CT molecular complexity index is 1130. The summed E-state index contributed by atoms with van der Waals surface area (Å²) in [5, 5.41) is 0.574. The third-order valence-corrected chi connectivity index (χ3v) is 7.31. The van der Waals surface area contributed by atoms with Gasteiger partial charge in [0.25, 0.3) is 0 Å². The average Bonchev–Trinajstić information content (AvgIpc) is 3.07. The van der Waals surface area contributed by atoms with Crippen LogP contribution in [0, 0.1) is 5.41 Å². The lowest BCUT2D eigenvalue weighted by Crippen LogP contribution is -2.50. The van der Waals surface area contributed by atoms with E-state index in [-0.39, 0.29) is 17.2 Å². The third-order valence-electron chi connectivity index (χ3n) is 6.99. The van der Waals surface area contributed by atoms with Crippen molar-refractivity contribution < 1.29 is 4.79 Å². The molecule has 3 aromatic rings. The van der Waals surface area contributed by atoms with Crippen molar-refractivity contribution in [3.8, 4) is 0 Å². The van der Waals surface area contributed by atoms with Crippen molar-refractivity contribution in [2.45, 2.75) is 38.0 Å². The van der Waals surface area contributed by atoms with E-state index in [2.05, 4.69) is 13.8 Å². The molecule has 142 valence electrons. The van der Waals surface area contributed by atoms with Crippen molar-refractivity contribution >= 4 is 34.2 Å². The highest BCUT2D eigenvalue weighted by Crippen LogP contribution is 2.67. The molecule has 2 aliphatic carbocycles. The Balaban J connectivity index is 1.71. The van der Waals surface area contributed by atoms with Gasteiger partial charge < -0.3 is 4.90 Å². The zero-order valence-electron chi connectivity index (χ0n) is 16.2. The summed E-state index contributed by atoms with van der Waals surface area (Å²) in [6, 6.07) is 15.4. The fourth-order valence-electron chi connectivity index (χ4n) is 5.42. The van der Waals surface area contributed by atoms with Crippen molar-refractivity contribution in [1.29, 1.82) is 0 Å². The number of likely N-dealkylation sites (N-methyl/N-ethyl adjacent to an activating group) is 1. The summed E-state index contributed by atoms with van der Waals surface area (Å²) in [4.78, 5) is 25.6. The van der Waals surface area contributed by atoms with E-state index < -0.39 is 5.41 Å². The van der Waals surface area contributed by atoms with Crippen LogP contribution < -0.4 is 4.90 Å². The molecule has 2 aliphatic rings. The van der Waals surface area contributed by atoms with Crippen LogP contribution in [0.25, 0.3) is 11.0 Å². The monoisotopic (exact) mass is 391 g/mol. The first-order valence-corrected chi connectivity index (χ1v) is 10.1. The molecule has 1 aromatic heterocycles. The Kier molecular flexibility index (Phi) is 3.63. The smallest absolute Gasteiger partial charge is 0.239 e. The van der Waals surface area contributed by atoms with Crippen molar-refractivity contribution in [3.63, 3.8) is 0 Å². The molecule has 0 aliphatic heterocycles. The number of carbonyl (C=O) groups is 1. The minimum absolute atomic E-state index is 0.0523. The largest absolute Gasteiger partial charge is 0.313 e. The van der Waals surface area contributed by atoms with Gasteiger partial charge in [0, 0.05) is 13.0 Å². The van der Waals surface area contributed by atoms with E-state index in [1.54, 1.807) is 4.90 Å². The van der Waals surface area contributed by atoms with Gasteiger partial charge in [-0.25, -0.2) is 9.97 Å². The molecule has 1 amide bonds. The summed E-state index contributed by atoms with van der Waals surface area (Å²) in [6.45, 7) is 4.38. The molecule has 0 N–H and O–H groups in total. The highest BCUT2D eigenvalue weighted by Gasteiger charge is 2.68. The molecule has 1 heterocycles. The maximum atomic E-state index is 14.0. The van der Waals surface area contributed by atoms with Gasteiger partial charge in [-0.15, -0.1) is 0 Å². The molecule has 28 heavy (non-hydrogen) atoms. The van der Waals surface area contributed by atoms with Gasteiger partial charge in [-0.3, -0.25) is 4.79 Å². The predicted molar refractivity (Wildman–Crippen MR) is 112 cm³/mol. The number of fused-ring (bicyclic) bond motifs is 6. The van der Waals surface area contributed by atoms with Crippen LogP contribution >= 0.6 is 11.6 Å². The van der Waals surface area contributed by atoms with Crippen LogP contribution in [-0.2, 0) is 10.2 Å². The molecule has 0 saturated heterocycles. The maximum Gasteiger partial charge on any atom is 0.239 e. The highest BCUT2D eigenvalue weighted by molar-refractivity contribution is 6.33. The molecule has 2 bridgehead atoms. The zero-order valence-corrected chi connectivity index (χ0v) is 17.0. The van der Waals surface area contributed by atoms with Crippen molar-refractivity contribution in [2.75, 3.05) is 11.9 Å². The van der Waals surface area contributed by atoms with Crippen LogP contribution in [0.5, 0.6) is 0 Å². The van der Waals surface area contributed by atoms with E-state index in [1.165, 1.54) is 0 Å². The predicted octanol–water partition coefficient (Wildman–Crippen LogP) is 5.10. The first-order chi connectivity index (χ1) is 13.4. The standard InChI is InChI=1S/C23H22ClN3O/c1-22(2)14-12-13-23(22,21(28)27(3)18-11-7-4-8-15(18)24)20-19(14)25-16-9-5-6-10-17(16)26-20/h4-11,14H,12-13H2,1-3H3. The Labute approximate surface area is 169 Å². The van der Waals surface area contributed by atoms with Gasteiger partial charge in [0.2, 0.25) is 5.91 Å². The number of para-hydroxylation sites is 3. The Morgan fingerprint density at radius 1 is 1.07 bits per heavy atom. The van der Waals surface area contributed by atoms with Crippen LogP contribution in [0.2, 0.25) is 5.02 Å². The number of rotatable bonds is 2. The number of aromatic nitrogens is 2. The van der Waals surface area contributed by atoms with Gasteiger partial charge in [0.15, 0.2) is 0 Å². The molecular weight excluding hydrogens is 370 g/mol. The second-order valence-electron chi connectivity index (χ2n) is 8.48. The number of benzene rings is 2. The number of hydrogen-bond acceptors (Lipinski definition) is 3. The van der Waals surface area contributed by atoms with E-state index in [0.717, 1.165) is 41.0 Å². The summed E-state index contributed by atoms with van der Waals surface area (Å²) in [5.41, 5.74) is 3.39. The fourth-order valence-corrected chi connectivity index (χ4v) is 5.68. The molecule has 1 fully saturated rings. The molecule has 0 spiro atoms. The number of hydrogen-bond donors (Lipinski definition) is 0. The lowest BCUT2D eigenvalue weighted by atomic mass is 9.67. The zero-order chi connectivity index (χ0) is 19.7. The van der Waals surface area contributed by atoms with E-state index in [9.17, 15) is 4.79 Å². The SMILES string of the molecule is CN(C(=O)C12CCC(c3nc4ccccc4nc31)C2(C)C)c1ccccc1Cl. The molecule has 5 rings (SSSR count). The number of carbonyl (C=O) groups excluding carboxylic acids is 1. The molecule has 4 nitrogen and oxygen atoms in total.